The number of aromatic nitrogens is 2. The Labute approximate surface area is 137 Å². The highest BCUT2D eigenvalue weighted by Gasteiger charge is 2.13. The molecular formula is C20H12N2S. The number of hydrogen-bond acceptors (Lipinski definition) is 3. The molecule has 0 saturated heterocycles. The van der Waals surface area contributed by atoms with Gasteiger partial charge in [-0.2, -0.15) is 0 Å². The summed E-state index contributed by atoms with van der Waals surface area (Å²) < 4.78 is 2.47. The first kappa shape index (κ1) is 12.7. The molecule has 0 atom stereocenters. The molecule has 2 nitrogen and oxygen atoms in total. The molecule has 0 amide bonds. The van der Waals surface area contributed by atoms with Crippen LogP contribution in [0, 0.1) is 0 Å². The first-order valence-corrected chi connectivity index (χ1v) is 8.34. The van der Waals surface area contributed by atoms with Gasteiger partial charge >= 0.3 is 0 Å². The molecule has 0 bridgehead atoms. The molecule has 2 aromatic carbocycles. The van der Waals surface area contributed by atoms with Gasteiger partial charge < -0.3 is 0 Å². The number of thiophene rings is 1. The van der Waals surface area contributed by atoms with Crippen LogP contribution in [-0.4, -0.2) is 9.97 Å². The van der Waals surface area contributed by atoms with Crippen LogP contribution in [0.4, 0.5) is 0 Å². The Morgan fingerprint density at radius 3 is 2.43 bits per heavy atom. The summed E-state index contributed by atoms with van der Waals surface area (Å²) in [6.07, 6.45) is 3.78. The standard InChI is InChI=1S/C20H12N2S/c1-2-6-14-13(5-1)9-11-21-18(14)16-10-12-22-19-15-7-3-4-8-17(15)23-20(16)19/h1-12H. The molecule has 0 radical (unpaired) electrons. The average molecular weight is 312 g/mol. The normalized spacial score (nSPS) is 11.5. The van der Waals surface area contributed by atoms with Crippen LogP contribution in [0.15, 0.2) is 73.1 Å². The van der Waals surface area contributed by atoms with Crippen molar-refractivity contribution in [3.8, 4) is 11.3 Å². The Bertz CT molecular complexity index is 1170. The molecule has 23 heavy (non-hydrogen) atoms. The largest absolute Gasteiger partial charge is 0.256 e. The number of pyridine rings is 2. The summed E-state index contributed by atoms with van der Waals surface area (Å²) in [6, 6.07) is 21.0. The van der Waals surface area contributed by atoms with Crippen molar-refractivity contribution in [2.24, 2.45) is 0 Å². The Kier molecular flexibility index (Phi) is 2.69. The van der Waals surface area contributed by atoms with E-state index >= 15 is 0 Å². The van der Waals surface area contributed by atoms with Gasteiger partial charge in [0.05, 0.1) is 15.9 Å². The number of nitrogens with zero attached hydrogens (tertiary/aromatic N) is 2. The second kappa shape index (κ2) is 4.86. The van der Waals surface area contributed by atoms with Gasteiger partial charge in [0, 0.05) is 33.4 Å². The number of hydrogen-bond donors (Lipinski definition) is 0. The quantitative estimate of drug-likeness (QED) is 0.399. The van der Waals surface area contributed by atoms with Crippen LogP contribution in [-0.2, 0) is 0 Å². The summed E-state index contributed by atoms with van der Waals surface area (Å²) in [5.41, 5.74) is 3.26. The summed E-state index contributed by atoms with van der Waals surface area (Å²) >= 11 is 1.79. The molecule has 5 rings (SSSR count). The molecule has 108 valence electrons. The van der Waals surface area contributed by atoms with Gasteiger partial charge in [0.15, 0.2) is 0 Å². The zero-order valence-electron chi connectivity index (χ0n) is 12.2. The summed E-state index contributed by atoms with van der Waals surface area (Å²) in [5, 5.41) is 3.61. The fourth-order valence-electron chi connectivity index (χ4n) is 3.13. The predicted octanol–water partition coefficient (Wildman–Crippen LogP) is 5.66. The third-order valence-electron chi connectivity index (χ3n) is 4.19. The molecule has 3 heterocycles. The van der Waals surface area contributed by atoms with E-state index in [2.05, 4.69) is 70.6 Å². The van der Waals surface area contributed by atoms with Crippen LogP contribution in [0.5, 0.6) is 0 Å². The van der Waals surface area contributed by atoms with Crippen molar-refractivity contribution in [1.29, 1.82) is 0 Å². The third-order valence-corrected chi connectivity index (χ3v) is 5.38. The Morgan fingerprint density at radius 1 is 0.696 bits per heavy atom. The summed E-state index contributed by atoms with van der Waals surface area (Å²) in [7, 11) is 0. The van der Waals surface area contributed by atoms with E-state index in [0.717, 1.165) is 16.8 Å². The van der Waals surface area contributed by atoms with Gasteiger partial charge in [0.25, 0.3) is 0 Å². The fraction of sp³-hybridized carbons (Fsp3) is 0. The molecule has 0 fully saturated rings. The van der Waals surface area contributed by atoms with Crippen molar-refractivity contribution >= 4 is 42.4 Å². The number of fused-ring (bicyclic) bond motifs is 4. The molecule has 0 unspecified atom stereocenters. The molecule has 3 aromatic heterocycles. The van der Waals surface area contributed by atoms with Gasteiger partial charge in [0.2, 0.25) is 0 Å². The average Bonchev–Trinajstić information content (AvgIpc) is 3.00. The highest BCUT2D eigenvalue weighted by Crippen LogP contribution is 2.39. The van der Waals surface area contributed by atoms with E-state index in [0.29, 0.717) is 0 Å². The first-order chi connectivity index (χ1) is 11.4. The Morgan fingerprint density at radius 2 is 1.48 bits per heavy atom. The van der Waals surface area contributed by atoms with E-state index in [4.69, 9.17) is 0 Å². The molecular weight excluding hydrogens is 300 g/mol. The molecule has 5 aromatic rings. The van der Waals surface area contributed by atoms with Crippen molar-refractivity contribution in [2.45, 2.75) is 0 Å². The Hall–Kier alpha value is -2.78. The second-order valence-corrected chi connectivity index (χ2v) is 6.57. The van der Waals surface area contributed by atoms with E-state index in [1.54, 1.807) is 11.3 Å². The van der Waals surface area contributed by atoms with Crippen LogP contribution in [0.2, 0.25) is 0 Å². The lowest BCUT2D eigenvalue weighted by Crippen LogP contribution is -1.87. The molecule has 0 aliphatic heterocycles. The van der Waals surface area contributed by atoms with E-state index < -0.39 is 0 Å². The van der Waals surface area contributed by atoms with Crippen LogP contribution in [0.1, 0.15) is 0 Å². The van der Waals surface area contributed by atoms with Crippen LogP contribution >= 0.6 is 11.3 Å². The van der Waals surface area contributed by atoms with Crippen molar-refractivity contribution in [3.63, 3.8) is 0 Å². The molecule has 0 spiro atoms. The van der Waals surface area contributed by atoms with E-state index in [1.807, 2.05) is 12.4 Å². The zero-order chi connectivity index (χ0) is 15.2. The maximum atomic E-state index is 4.68. The summed E-state index contributed by atoms with van der Waals surface area (Å²) in [6.45, 7) is 0. The minimum atomic E-state index is 1.03. The van der Waals surface area contributed by atoms with Crippen LogP contribution < -0.4 is 0 Å². The van der Waals surface area contributed by atoms with Crippen molar-refractivity contribution in [1.82, 2.24) is 9.97 Å². The smallest absolute Gasteiger partial charge is 0.0895 e. The van der Waals surface area contributed by atoms with E-state index in [1.165, 1.54) is 25.6 Å². The highest BCUT2D eigenvalue weighted by atomic mass is 32.1. The van der Waals surface area contributed by atoms with Gasteiger partial charge in [-0.3, -0.25) is 9.97 Å². The number of rotatable bonds is 1. The summed E-state index contributed by atoms with van der Waals surface area (Å²) in [5.74, 6) is 0. The highest BCUT2D eigenvalue weighted by molar-refractivity contribution is 7.26. The molecule has 0 aliphatic rings. The Balaban J connectivity index is 1.93. The second-order valence-electron chi connectivity index (χ2n) is 5.52. The van der Waals surface area contributed by atoms with Crippen LogP contribution in [0.3, 0.4) is 0 Å². The lowest BCUT2D eigenvalue weighted by Gasteiger charge is -2.06. The fourth-order valence-corrected chi connectivity index (χ4v) is 4.30. The minimum absolute atomic E-state index is 1.03. The number of benzene rings is 2. The van der Waals surface area contributed by atoms with Gasteiger partial charge in [-0.15, -0.1) is 11.3 Å². The van der Waals surface area contributed by atoms with E-state index in [9.17, 15) is 0 Å². The SMILES string of the molecule is c1ccc2c(-c3ccnc4c3sc3ccccc34)nccc2c1. The molecule has 0 saturated carbocycles. The first-order valence-electron chi connectivity index (χ1n) is 7.52. The minimum Gasteiger partial charge on any atom is -0.256 e. The monoisotopic (exact) mass is 312 g/mol. The maximum absolute atomic E-state index is 4.68. The van der Waals surface area contributed by atoms with Crippen molar-refractivity contribution < 1.29 is 0 Å². The van der Waals surface area contributed by atoms with Gasteiger partial charge in [-0.1, -0.05) is 42.5 Å². The lowest BCUT2D eigenvalue weighted by atomic mass is 10.0. The zero-order valence-corrected chi connectivity index (χ0v) is 13.0. The van der Waals surface area contributed by atoms with E-state index in [-0.39, 0.29) is 0 Å². The van der Waals surface area contributed by atoms with Crippen molar-refractivity contribution in [3.05, 3.63) is 73.1 Å². The molecule has 0 N–H and O–H groups in total. The topological polar surface area (TPSA) is 25.8 Å². The predicted molar refractivity (Wildman–Crippen MR) is 97.9 cm³/mol. The van der Waals surface area contributed by atoms with Crippen LogP contribution in [0.25, 0.3) is 42.3 Å². The third kappa shape index (κ3) is 1.87. The van der Waals surface area contributed by atoms with Gasteiger partial charge in [-0.05, 0) is 23.6 Å². The van der Waals surface area contributed by atoms with Gasteiger partial charge in [0.1, 0.15) is 0 Å². The summed E-state index contributed by atoms with van der Waals surface area (Å²) in [4.78, 5) is 9.29. The lowest BCUT2D eigenvalue weighted by molar-refractivity contribution is 1.35. The van der Waals surface area contributed by atoms with Gasteiger partial charge in [-0.25, -0.2) is 0 Å². The molecule has 0 aliphatic carbocycles. The van der Waals surface area contributed by atoms with Crippen molar-refractivity contribution in [2.75, 3.05) is 0 Å². The molecule has 3 heteroatoms. The maximum Gasteiger partial charge on any atom is 0.0895 e.